The van der Waals surface area contributed by atoms with Crippen molar-refractivity contribution in [2.75, 3.05) is 25.0 Å². The number of hydrogen-bond acceptors (Lipinski definition) is 4. The number of rotatable bonds is 5. The predicted molar refractivity (Wildman–Crippen MR) is 87.0 cm³/mol. The van der Waals surface area contributed by atoms with Crippen LogP contribution in [0.15, 0.2) is 18.2 Å². The van der Waals surface area contributed by atoms with Crippen LogP contribution in [0.25, 0.3) is 0 Å². The number of carbonyl (C=O) groups excluding carboxylic acids is 3. The number of likely N-dealkylation sites (tertiary alicyclic amines) is 1. The van der Waals surface area contributed by atoms with E-state index in [1.54, 1.807) is 11.0 Å². The Morgan fingerprint density at radius 3 is 2.78 bits per heavy atom. The molecular formula is C15H19ClN4O3. The van der Waals surface area contributed by atoms with Crippen molar-refractivity contribution in [3.8, 4) is 0 Å². The molecule has 1 unspecified atom stereocenters. The van der Waals surface area contributed by atoms with E-state index in [1.807, 2.05) is 0 Å². The van der Waals surface area contributed by atoms with Crippen molar-refractivity contribution in [3.63, 3.8) is 0 Å². The standard InChI is InChI=1S/C15H19ClN4O3/c16-12-4-3-9(8-11(12)13(18)21)19-14(22)10-2-1-6-20(7-5-17)15(10)23/h3-4,8,10H,1-2,5-7,17H2,(H2,18,21)(H,19,22). The van der Waals surface area contributed by atoms with Gasteiger partial charge in [-0.1, -0.05) is 11.6 Å². The summed E-state index contributed by atoms with van der Waals surface area (Å²) in [5.41, 5.74) is 11.2. The molecule has 3 amide bonds. The molecule has 1 aromatic rings. The number of primary amides is 1. The lowest BCUT2D eigenvalue weighted by Gasteiger charge is -2.31. The largest absolute Gasteiger partial charge is 0.366 e. The third kappa shape index (κ3) is 4.00. The highest BCUT2D eigenvalue weighted by Crippen LogP contribution is 2.23. The van der Waals surface area contributed by atoms with Crippen molar-refractivity contribution in [2.24, 2.45) is 17.4 Å². The Labute approximate surface area is 138 Å². The number of halogens is 1. The quantitative estimate of drug-likeness (QED) is 0.680. The minimum absolute atomic E-state index is 0.115. The van der Waals surface area contributed by atoms with Crippen molar-refractivity contribution < 1.29 is 14.4 Å². The summed E-state index contributed by atoms with van der Waals surface area (Å²) in [6, 6.07) is 4.42. The van der Waals surface area contributed by atoms with Crippen LogP contribution < -0.4 is 16.8 Å². The maximum Gasteiger partial charge on any atom is 0.250 e. The number of anilines is 1. The summed E-state index contributed by atoms with van der Waals surface area (Å²) in [6.45, 7) is 1.42. The minimum Gasteiger partial charge on any atom is -0.366 e. The Morgan fingerprint density at radius 2 is 2.13 bits per heavy atom. The first-order valence-electron chi connectivity index (χ1n) is 7.33. The van der Waals surface area contributed by atoms with Crippen LogP contribution in [-0.2, 0) is 9.59 Å². The number of nitrogens with zero attached hydrogens (tertiary/aromatic N) is 1. The fraction of sp³-hybridized carbons (Fsp3) is 0.400. The van der Waals surface area contributed by atoms with Crippen molar-refractivity contribution in [1.29, 1.82) is 0 Å². The maximum atomic E-state index is 12.4. The molecule has 1 fully saturated rings. The van der Waals surface area contributed by atoms with Gasteiger partial charge >= 0.3 is 0 Å². The van der Waals surface area contributed by atoms with Crippen LogP contribution in [-0.4, -0.2) is 42.3 Å². The minimum atomic E-state index is -0.747. The first-order valence-corrected chi connectivity index (χ1v) is 7.71. The highest BCUT2D eigenvalue weighted by Gasteiger charge is 2.33. The Morgan fingerprint density at radius 1 is 1.39 bits per heavy atom. The number of benzene rings is 1. The van der Waals surface area contributed by atoms with Crippen LogP contribution in [0.2, 0.25) is 5.02 Å². The Kier molecular flexibility index (Phi) is 5.57. The highest BCUT2D eigenvalue weighted by atomic mass is 35.5. The summed E-state index contributed by atoms with van der Waals surface area (Å²) in [7, 11) is 0. The third-order valence-corrected chi connectivity index (χ3v) is 4.08. The molecule has 0 saturated carbocycles. The topological polar surface area (TPSA) is 119 Å². The van der Waals surface area contributed by atoms with Crippen molar-refractivity contribution in [1.82, 2.24) is 4.90 Å². The summed E-state index contributed by atoms with van der Waals surface area (Å²) < 4.78 is 0. The number of piperidine rings is 1. The van der Waals surface area contributed by atoms with Crippen LogP contribution in [0, 0.1) is 5.92 Å². The van der Waals surface area contributed by atoms with E-state index >= 15 is 0 Å². The second-order valence-electron chi connectivity index (χ2n) is 5.36. The molecule has 1 aliphatic rings. The van der Waals surface area contributed by atoms with Gasteiger partial charge in [-0.3, -0.25) is 14.4 Å². The zero-order valence-electron chi connectivity index (χ0n) is 12.5. The molecule has 7 nitrogen and oxygen atoms in total. The summed E-state index contributed by atoms with van der Waals surface area (Å²) in [6.07, 6.45) is 1.24. The van der Waals surface area contributed by atoms with Crippen LogP contribution in [0.5, 0.6) is 0 Å². The maximum absolute atomic E-state index is 12.4. The van der Waals surface area contributed by atoms with Gasteiger partial charge in [-0.15, -0.1) is 0 Å². The summed E-state index contributed by atoms with van der Waals surface area (Å²) in [5, 5.41) is 2.85. The molecule has 1 heterocycles. The lowest BCUT2D eigenvalue weighted by molar-refractivity contribution is -0.143. The van der Waals surface area contributed by atoms with E-state index in [0.717, 1.165) is 6.42 Å². The van der Waals surface area contributed by atoms with Gasteiger partial charge in [0.15, 0.2) is 0 Å². The SMILES string of the molecule is NCCN1CCCC(C(=O)Nc2ccc(Cl)c(C(N)=O)c2)C1=O. The smallest absolute Gasteiger partial charge is 0.250 e. The molecule has 23 heavy (non-hydrogen) atoms. The summed E-state index contributed by atoms with van der Waals surface area (Å²) in [5.74, 6) is -2.06. The van der Waals surface area contributed by atoms with E-state index in [4.69, 9.17) is 23.1 Å². The van der Waals surface area contributed by atoms with Gasteiger partial charge in [0.25, 0.3) is 0 Å². The lowest BCUT2D eigenvalue weighted by atomic mass is 9.96. The molecule has 1 aromatic carbocycles. The molecule has 0 bridgehead atoms. The normalized spacial score (nSPS) is 17.9. The Balaban J connectivity index is 2.11. The highest BCUT2D eigenvalue weighted by molar-refractivity contribution is 6.34. The van der Waals surface area contributed by atoms with E-state index in [1.165, 1.54) is 12.1 Å². The van der Waals surface area contributed by atoms with Gasteiger partial charge in [0.1, 0.15) is 5.92 Å². The zero-order valence-corrected chi connectivity index (χ0v) is 13.3. The van der Waals surface area contributed by atoms with Crippen molar-refractivity contribution in [3.05, 3.63) is 28.8 Å². The molecule has 0 radical (unpaired) electrons. The zero-order chi connectivity index (χ0) is 17.0. The van der Waals surface area contributed by atoms with E-state index < -0.39 is 17.7 Å². The molecule has 2 rings (SSSR count). The number of amides is 3. The molecule has 1 saturated heterocycles. The average Bonchev–Trinajstić information content (AvgIpc) is 2.51. The number of nitrogens with two attached hydrogens (primary N) is 2. The van der Waals surface area contributed by atoms with Gasteiger partial charge in [-0.25, -0.2) is 0 Å². The fourth-order valence-electron chi connectivity index (χ4n) is 2.58. The summed E-state index contributed by atoms with van der Waals surface area (Å²) >= 11 is 5.87. The van der Waals surface area contributed by atoms with Crippen molar-refractivity contribution >= 4 is 35.0 Å². The van der Waals surface area contributed by atoms with E-state index in [9.17, 15) is 14.4 Å². The monoisotopic (exact) mass is 338 g/mol. The van der Waals surface area contributed by atoms with Gasteiger partial charge < -0.3 is 21.7 Å². The van der Waals surface area contributed by atoms with Crippen LogP contribution in [0.4, 0.5) is 5.69 Å². The van der Waals surface area contributed by atoms with Gasteiger partial charge in [-0.2, -0.15) is 0 Å². The number of carbonyl (C=O) groups is 3. The Bertz CT molecular complexity index is 633. The van der Waals surface area contributed by atoms with Gasteiger partial charge in [0.05, 0.1) is 10.6 Å². The first-order chi connectivity index (χ1) is 10.9. The molecule has 0 aromatic heterocycles. The Hall–Kier alpha value is -2.12. The molecule has 8 heteroatoms. The molecule has 1 aliphatic heterocycles. The van der Waals surface area contributed by atoms with Gasteiger partial charge in [0, 0.05) is 25.3 Å². The fourth-order valence-corrected chi connectivity index (χ4v) is 2.79. The van der Waals surface area contributed by atoms with Crippen molar-refractivity contribution in [2.45, 2.75) is 12.8 Å². The molecule has 124 valence electrons. The van der Waals surface area contributed by atoms with Crippen LogP contribution in [0.3, 0.4) is 0 Å². The number of hydrogen-bond donors (Lipinski definition) is 3. The third-order valence-electron chi connectivity index (χ3n) is 3.75. The van der Waals surface area contributed by atoms with Gasteiger partial charge in [0.2, 0.25) is 17.7 Å². The predicted octanol–water partition coefficient (Wildman–Crippen LogP) is 0.575. The van der Waals surface area contributed by atoms with E-state index in [-0.39, 0.29) is 16.5 Å². The molecule has 0 spiro atoms. The molecule has 1 atom stereocenters. The van der Waals surface area contributed by atoms with Gasteiger partial charge in [-0.05, 0) is 31.0 Å². The molecule has 0 aliphatic carbocycles. The van der Waals surface area contributed by atoms with Crippen LogP contribution >= 0.6 is 11.6 Å². The second kappa shape index (κ2) is 7.43. The van der Waals surface area contributed by atoms with E-state index in [2.05, 4.69) is 5.32 Å². The first kappa shape index (κ1) is 17.2. The lowest BCUT2D eigenvalue weighted by Crippen LogP contribution is -2.47. The average molecular weight is 339 g/mol. The molecular weight excluding hydrogens is 320 g/mol. The summed E-state index contributed by atoms with van der Waals surface area (Å²) in [4.78, 5) is 37.5. The number of nitrogens with one attached hydrogen (secondary N) is 1. The molecule has 5 N–H and O–H groups in total. The van der Waals surface area contributed by atoms with E-state index in [0.29, 0.717) is 31.7 Å². The van der Waals surface area contributed by atoms with Crippen LogP contribution in [0.1, 0.15) is 23.2 Å². The second-order valence-corrected chi connectivity index (χ2v) is 5.76.